The standard InChI is InChI=1S/C22H30N4O4/c1-4-17(7-8-23-3)25-11-15-9-14(2)18(10-16(15)12-25)22(30)26(13-27)19-5-6-20(28)24-21(19)29/h9-10,13,17,19,23H,4-8,11-12H2,1-3H3,(H,24,28,29). The summed E-state index contributed by atoms with van der Waals surface area (Å²) in [5.74, 6) is -1.49. The van der Waals surface area contributed by atoms with E-state index >= 15 is 0 Å². The highest BCUT2D eigenvalue weighted by Gasteiger charge is 2.36. The second kappa shape index (κ2) is 9.49. The normalized spacial score (nSPS) is 19.9. The minimum atomic E-state index is -0.956. The number of imide groups is 2. The summed E-state index contributed by atoms with van der Waals surface area (Å²) < 4.78 is 0. The molecule has 2 N–H and O–H groups in total. The van der Waals surface area contributed by atoms with Crippen LogP contribution in [0.3, 0.4) is 0 Å². The van der Waals surface area contributed by atoms with Crippen molar-refractivity contribution in [3.63, 3.8) is 0 Å². The second-order valence-electron chi connectivity index (χ2n) is 8.08. The molecule has 30 heavy (non-hydrogen) atoms. The van der Waals surface area contributed by atoms with Crippen LogP contribution in [0.1, 0.15) is 59.7 Å². The minimum Gasteiger partial charge on any atom is -0.320 e. The van der Waals surface area contributed by atoms with Gasteiger partial charge in [0.25, 0.3) is 5.91 Å². The molecule has 3 rings (SSSR count). The van der Waals surface area contributed by atoms with Gasteiger partial charge in [-0.1, -0.05) is 13.0 Å². The molecule has 0 radical (unpaired) electrons. The fourth-order valence-electron chi connectivity index (χ4n) is 4.39. The van der Waals surface area contributed by atoms with E-state index in [0.717, 1.165) is 48.5 Å². The maximum absolute atomic E-state index is 13.1. The molecule has 8 nitrogen and oxygen atoms in total. The van der Waals surface area contributed by atoms with E-state index in [0.29, 0.717) is 18.0 Å². The Hall–Kier alpha value is -2.58. The smallest absolute Gasteiger partial charge is 0.261 e. The first-order valence-corrected chi connectivity index (χ1v) is 10.5. The van der Waals surface area contributed by atoms with Gasteiger partial charge in [-0.3, -0.25) is 34.3 Å². The third-order valence-electron chi connectivity index (χ3n) is 6.13. The summed E-state index contributed by atoms with van der Waals surface area (Å²) in [5.41, 5.74) is 3.49. The minimum absolute atomic E-state index is 0.108. The molecule has 8 heteroatoms. The fraction of sp³-hybridized carbons (Fsp3) is 0.545. The van der Waals surface area contributed by atoms with Gasteiger partial charge >= 0.3 is 0 Å². The van der Waals surface area contributed by atoms with Gasteiger partial charge in [0.2, 0.25) is 18.2 Å². The first-order valence-electron chi connectivity index (χ1n) is 10.5. The van der Waals surface area contributed by atoms with Gasteiger partial charge in [-0.2, -0.15) is 0 Å². The molecule has 2 atom stereocenters. The van der Waals surface area contributed by atoms with E-state index in [2.05, 4.69) is 22.5 Å². The van der Waals surface area contributed by atoms with Crippen LogP contribution >= 0.6 is 0 Å². The van der Waals surface area contributed by atoms with Crippen molar-refractivity contribution in [2.45, 2.75) is 64.7 Å². The number of nitrogens with one attached hydrogen (secondary N) is 2. The summed E-state index contributed by atoms with van der Waals surface area (Å²) >= 11 is 0. The average Bonchev–Trinajstić information content (AvgIpc) is 3.12. The van der Waals surface area contributed by atoms with Gasteiger partial charge in [0.15, 0.2) is 0 Å². The number of benzene rings is 1. The lowest BCUT2D eigenvalue weighted by atomic mass is 9.98. The van der Waals surface area contributed by atoms with E-state index in [-0.39, 0.29) is 18.7 Å². The van der Waals surface area contributed by atoms with Gasteiger partial charge < -0.3 is 5.32 Å². The number of carbonyl (C=O) groups is 4. The lowest BCUT2D eigenvalue weighted by Crippen LogP contribution is -2.53. The predicted molar refractivity (Wildman–Crippen MR) is 111 cm³/mol. The first-order chi connectivity index (χ1) is 14.4. The molecule has 1 aromatic carbocycles. The lowest BCUT2D eigenvalue weighted by molar-refractivity contribution is -0.139. The number of hydrogen-bond acceptors (Lipinski definition) is 6. The largest absolute Gasteiger partial charge is 0.320 e. The Balaban J connectivity index is 1.80. The van der Waals surface area contributed by atoms with Crippen molar-refractivity contribution in [3.8, 4) is 0 Å². The van der Waals surface area contributed by atoms with Gasteiger partial charge in [0.1, 0.15) is 6.04 Å². The van der Waals surface area contributed by atoms with Gasteiger partial charge in [-0.05, 0) is 62.5 Å². The van der Waals surface area contributed by atoms with Crippen molar-refractivity contribution in [3.05, 3.63) is 34.4 Å². The molecule has 1 aromatic rings. The van der Waals surface area contributed by atoms with Gasteiger partial charge in [0.05, 0.1) is 0 Å². The number of piperidine rings is 1. The molecule has 1 saturated heterocycles. The molecule has 0 saturated carbocycles. The van der Waals surface area contributed by atoms with Crippen LogP contribution in [-0.4, -0.2) is 59.6 Å². The molecule has 2 aliphatic rings. The van der Waals surface area contributed by atoms with Crippen LogP contribution < -0.4 is 10.6 Å². The van der Waals surface area contributed by atoms with Crippen molar-refractivity contribution in [1.29, 1.82) is 0 Å². The third-order valence-corrected chi connectivity index (χ3v) is 6.13. The Morgan fingerprint density at radius 2 is 2.03 bits per heavy atom. The highest BCUT2D eigenvalue weighted by molar-refractivity contribution is 6.07. The van der Waals surface area contributed by atoms with Gasteiger partial charge in [-0.25, -0.2) is 0 Å². The number of carbonyl (C=O) groups excluding carboxylic acids is 4. The van der Waals surface area contributed by atoms with Crippen molar-refractivity contribution in [2.24, 2.45) is 0 Å². The predicted octanol–water partition coefficient (Wildman–Crippen LogP) is 1.10. The molecule has 0 aromatic heterocycles. The van der Waals surface area contributed by atoms with E-state index in [1.54, 1.807) is 0 Å². The van der Waals surface area contributed by atoms with Gasteiger partial charge in [-0.15, -0.1) is 0 Å². The number of hydrogen-bond donors (Lipinski definition) is 2. The lowest BCUT2D eigenvalue weighted by Gasteiger charge is -2.28. The van der Waals surface area contributed by atoms with Crippen molar-refractivity contribution in [2.75, 3.05) is 13.6 Å². The highest BCUT2D eigenvalue weighted by atomic mass is 16.2. The van der Waals surface area contributed by atoms with Gasteiger partial charge in [0, 0.05) is 31.1 Å². The quantitative estimate of drug-likeness (QED) is 0.488. The summed E-state index contributed by atoms with van der Waals surface area (Å²) in [6.45, 7) is 6.59. The average molecular weight is 415 g/mol. The molecular weight excluding hydrogens is 384 g/mol. The number of nitrogens with zero attached hydrogens (tertiary/aromatic N) is 2. The molecule has 1 fully saturated rings. The Bertz CT molecular complexity index is 854. The zero-order valence-corrected chi connectivity index (χ0v) is 17.9. The van der Waals surface area contributed by atoms with Crippen LogP contribution in [-0.2, 0) is 27.5 Å². The van der Waals surface area contributed by atoms with Crippen LogP contribution in [0.4, 0.5) is 0 Å². The first kappa shape index (κ1) is 22.1. The molecule has 0 spiro atoms. The summed E-state index contributed by atoms with van der Waals surface area (Å²) in [6, 6.07) is 3.38. The Labute approximate surface area is 177 Å². The zero-order chi connectivity index (χ0) is 21.8. The van der Waals surface area contributed by atoms with Crippen LogP contribution in [0, 0.1) is 6.92 Å². The van der Waals surface area contributed by atoms with E-state index in [1.807, 2.05) is 26.1 Å². The van der Waals surface area contributed by atoms with E-state index in [9.17, 15) is 19.2 Å². The molecule has 2 heterocycles. The molecule has 2 unspecified atom stereocenters. The number of aryl methyl sites for hydroxylation is 1. The van der Waals surface area contributed by atoms with Crippen LogP contribution in [0.2, 0.25) is 0 Å². The third kappa shape index (κ3) is 4.44. The zero-order valence-electron chi connectivity index (χ0n) is 17.9. The Morgan fingerprint density at radius 3 is 2.63 bits per heavy atom. The van der Waals surface area contributed by atoms with E-state index in [1.165, 1.54) is 5.56 Å². The molecule has 0 bridgehead atoms. The number of fused-ring (bicyclic) bond motifs is 1. The highest BCUT2D eigenvalue weighted by Crippen LogP contribution is 2.30. The molecule has 0 aliphatic carbocycles. The van der Waals surface area contributed by atoms with Crippen molar-refractivity contribution in [1.82, 2.24) is 20.4 Å². The summed E-state index contributed by atoms with van der Waals surface area (Å²) in [7, 11) is 1.95. The Kier molecular flexibility index (Phi) is 6.99. The molecule has 2 aliphatic heterocycles. The molecule has 162 valence electrons. The van der Waals surface area contributed by atoms with Crippen molar-refractivity contribution < 1.29 is 19.2 Å². The fourth-order valence-corrected chi connectivity index (χ4v) is 4.39. The van der Waals surface area contributed by atoms with Crippen molar-refractivity contribution >= 4 is 24.1 Å². The van der Waals surface area contributed by atoms with Crippen LogP contribution in [0.25, 0.3) is 0 Å². The summed E-state index contributed by atoms with van der Waals surface area (Å²) in [5, 5.41) is 5.41. The topological polar surface area (TPSA) is 98.8 Å². The summed E-state index contributed by atoms with van der Waals surface area (Å²) in [6.07, 6.45) is 2.76. The Morgan fingerprint density at radius 1 is 1.33 bits per heavy atom. The van der Waals surface area contributed by atoms with E-state index in [4.69, 9.17) is 0 Å². The summed E-state index contributed by atoms with van der Waals surface area (Å²) in [4.78, 5) is 51.7. The maximum atomic E-state index is 13.1. The molecular formula is C22H30N4O4. The van der Waals surface area contributed by atoms with Crippen LogP contribution in [0.15, 0.2) is 12.1 Å². The molecule has 4 amide bonds. The maximum Gasteiger partial charge on any atom is 0.261 e. The monoisotopic (exact) mass is 414 g/mol. The number of amides is 4. The van der Waals surface area contributed by atoms with E-state index < -0.39 is 17.9 Å². The number of rotatable bonds is 8. The van der Waals surface area contributed by atoms with Crippen LogP contribution in [0.5, 0.6) is 0 Å². The SMILES string of the molecule is CCC(CCNC)N1Cc2cc(C)c(C(=O)N(C=O)C3CCC(=O)NC3=O)cc2C1. The second-order valence-corrected chi connectivity index (χ2v) is 8.08.